The molecule has 0 radical (unpaired) electrons. The number of hydrogen-bond donors (Lipinski definition) is 1. The summed E-state index contributed by atoms with van der Waals surface area (Å²) < 4.78 is 5.45. The van der Waals surface area contributed by atoms with Gasteiger partial charge in [-0.05, 0) is 25.8 Å². The second-order valence-electron chi connectivity index (χ2n) is 5.80. The smallest absolute Gasteiger partial charge is 0.0661 e. The minimum Gasteiger partial charge on any atom is -0.383 e. The van der Waals surface area contributed by atoms with E-state index in [-0.39, 0.29) is 5.54 Å². The fourth-order valence-electron chi connectivity index (χ4n) is 3.20. The summed E-state index contributed by atoms with van der Waals surface area (Å²) in [5.74, 6) is 0.513. The van der Waals surface area contributed by atoms with Crippen LogP contribution in [0.15, 0.2) is 0 Å². The number of methoxy groups -OCH3 is 1. The lowest BCUT2D eigenvalue weighted by molar-refractivity contribution is -0.0322. The van der Waals surface area contributed by atoms with Gasteiger partial charge in [0.15, 0.2) is 0 Å². The molecule has 0 aliphatic heterocycles. The van der Waals surface area contributed by atoms with Crippen LogP contribution in [0.25, 0.3) is 0 Å². The molecule has 1 fully saturated rings. The summed E-state index contributed by atoms with van der Waals surface area (Å²) in [6.45, 7) is 5.91. The molecule has 0 spiro atoms. The van der Waals surface area contributed by atoms with Gasteiger partial charge in [-0.1, -0.05) is 33.1 Å². The highest BCUT2D eigenvalue weighted by Gasteiger charge is 2.40. The Bertz CT molecular complexity index is 214. The zero-order chi connectivity index (χ0) is 12.9. The number of nitrogens with zero attached hydrogens (tertiary/aromatic N) is 1. The van der Waals surface area contributed by atoms with Crippen LogP contribution in [0.4, 0.5) is 0 Å². The van der Waals surface area contributed by atoms with Crippen LogP contribution in [0, 0.1) is 5.92 Å². The van der Waals surface area contributed by atoms with Gasteiger partial charge in [-0.15, -0.1) is 0 Å². The van der Waals surface area contributed by atoms with Crippen molar-refractivity contribution >= 4 is 0 Å². The number of nitrogens with two attached hydrogens (primary N) is 1. The van der Waals surface area contributed by atoms with Crippen molar-refractivity contribution in [1.29, 1.82) is 0 Å². The summed E-state index contributed by atoms with van der Waals surface area (Å²) in [6.07, 6.45) is 6.75. The standard InChI is InChI=1S/C14H30N2O/c1-12(2)14(10-15,11-17-4)16(3)13-8-6-5-7-9-13/h12-13H,5-11,15H2,1-4H3. The van der Waals surface area contributed by atoms with E-state index < -0.39 is 0 Å². The summed E-state index contributed by atoms with van der Waals surface area (Å²) in [5, 5.41) is 0. The van der Waals surface area contributed by atoms with Crippen LogP contribution in [0.5, 0.6) is 0 Å². The molecule has 0 heterocycles. The molecule has 0 saturated heterocycles. The van der Waals surface area contributed by atoms with Gasteiger partial charge >= 0.3 is 0 Å². The summed E-state index contributed by atoms with van der Waals surface area (Å²) >= 11 is 0. The molecule has 1 atom stereocenters. The molecule has 3 heteroatoms. The largest absolute Gasteiger partial charge is 0.383 e. The summed E-state index contributed by atoms with van der Waals surface area (Å²) in [5.41, 5.74) is 6.08. The molecular weight excluding hydrogens is 212 g/mol. The first-order valence-electron chi connectivity index (χ1n) is 7.00. The van der Waals surface area contributed by atoms with Gasteiger partial charge < -0.3 is 10.5 Å². The van der Waals surface area contributed by atoms with Gasteiger partial charge in [0.05, 0.1) is 12.1 Å². The molecule has 1 unspecified atom stereocenters. The minimum absolute atomic E-state index is 0.00322. The third-order valence-electron chi connectivity index (χ3n) is 4.65. The predicted molar refractivity (Wildman–Crippen MR) is 73.1 cm³/mol. The second-order valence-corrected chi connectivity index (χ2v) is 5.80. The van der Waals surface area contributed by atoms with Crippen molar-refractivity contribution < 1.29 is 4.74 Å². The summed E-state index contributed by atoms with van der Waals surface area (Å²) in [6, 6.07) is 0.685. The zero-order valence-corrected chi connectivity index (χ0v) is 12.0. The molecule has 1 aliphatic carbocycles. The summed E-state index contributed by atoms with van der Waals surface area (Å²) in [4.78, 5) is 2.51. The molecule has 3 nitrogen and oxygen atoms in total. The molecular formula is C14H30N2O. The monoisotopic (exact) mass is 242 g/mol. The van der Waals surface area contributed by atoms with Gasteiger partial charge in [0.1, 0.15) is 0 Å². The van der Waals surface area contributed by atoms with Gasteiger partial charge in [-0.25, -0.2) is 0 Å². The van der Waals surface area contributed by atoms with Gasteiger partial charge in [0, 0.05) is 19.7 Å². The molecule has 2 N–H and O–H groups in total. The first-order chi connectivity index (χ1) is 8.08. The lowest BCUT2D eigenvalue weighted by atomic mass is 9.82. The van der Waals surface area contributed by atoms with E-state index in [2.05, 4.69) is 25.8 Å². The van der Waals surface area contributed by atoms with Crippen LogP contribution in [0.3, 0.4) is 0 Å². The highest BCUT2D eigenvalue weighted by atomic mass is 16.5. The second kappa shape index (κ2) is 6.72. The highest BCUT2D eigenvalue weighted by molar-refractivity contribution is 4.96. The Kier molecular flexibility index (Phi) is 5.90. The van der Waals surface area contributed by atoms with E-state index in [1.54, 1.807) is 7.11 Å². The molecule has 1 rings (SSSR count). The number of ether oxygens (including phenoxy) is 1. The average Bonchev–Trinajstić information content (AvgIpc) is 2.36. The molecule has 0 amide bonds. The van der Waals surface area contributed by atoms with E-state index >= 15 is 0 Å². The number of likely N-dealkylation sites (N-methyl/N-ethyl adjacent to an activating group) is 1. The molecule has 0 aromatic carbocycles. The van der Waals surface area contributed by atoms with Crippen molar-refractivity contribution in [1.82, 2.24) is 4.90 Å². The van der Waals surface area contributed by atoms with Crippen LogP contribution in [-0.2, 0) is 4.74 Å². The average molecular weight is 242 g/mol. The highest BCUT2D eigenvalue weighted by Crippen LogP contribution is 2.31. The van der Waals surface area contributed by atoms with E-state index in [0.717, 1.165) is 6.61 Å². The van der Waals surface area contributed by atoms with Crippen molar-refractivity contribution in [3.63, 3.8) is 0 Å². The number of rotatable bonds is 6. The fraction of sp³-hybridized carbons (Fsp3) is 1.00. The quantitative estimate of drug-likeness (QED) is 0.776. The van der Waals surface area contributed by atoms with Crippen molar-refractivity contribution in [2.24, 2.45) is 11.7 Å². The normalized spacial score (nSPS) is 22.1. The van der Waals surface area contributed by atoms with Gasteiger partial charge in [0.2, 0.25) is 0 Å². The molecule has 1 saturated carbocycles. The van der Waals surface area contributed by atoms with Crippen molar-refractivity contribution in [2.45, 2.75) is 57.5 Å². The Morgan fingerprint density at radius 2 is 1.88 bits per heavy atom. The Balaban J connectivity index is 2.79. The molecule has 0 aromatic heterocycles. The van der Waals surface area contributed by atoms with Gasteiger partial charge in [-0.2, -0.15) is 0 Å². The SMILES string of the molecule is COCC(CN)(C(C)C)N(C)C1CCCCC1. The predicted octanol–water partition coefficient (Wildman–Crippen LogP) is 2.25. The van der Waals surface area contributed by atoms with E-state index in [1.165, 1.54) is 32.1 Å². The van der Waals surface area contributed by atoms with Crippen LogP contribution >= 0.6 is 0 Å². The Morgan fingerprint density at radius 1 is 1.29 bits per heavy atom. The molecule has 17 heavy (non-hydrogen) atoms. The maximum Gasteiger partial charge on any atom is 0.0661 e. The maximum atomic E-state index is 6.08. The molecule has 102 valence electrons. The third kappa shape index (κ3) is 3.21. The third-order valence-corrected chi connectivity index (χ3v) is 4.65. The first kappa shape index (κ1) is 14.9. The van der Waals surface area contributed by atoms with Gasteiger partial charge in [-0.3, -0.25) is 4.90 Å². The molecule has 0 bridgehead atoms. The molecule has 0 aromatic rings. The molecule has 1 aliphatic rings. The van der Waals surface area contributed by atoms with E-state index in [9.17, 15) is 0 Å². The first-order valence-corrected chi connectivity index (χ1v) is 7.00. The van der Waals surface area contributed by atoms with E-state index in [0.29, 0.717) is 18.5 Å². The van der Waals surface area contributed by atoms with Crippen molar-refractivity contribution in [3.8, 4) is 0 Å². The summed E-state index contributed by atoms with van der Waals surface area (Å²) in [7, 11) is 4.02. The lowest BCUT2D eigenvalue weighted by Gasteiger charge is -2.48. The van der Waals surface area contributed by atoms with Gasteiger partial charge in [0.25, 0.3) is 0 Å². The Morgan fingerprint density at radius 3 is 2.29 bits per heavy atom. The van der Waals surface area contributed by atoms with Crippen LogP contribution < -0.4 is 5.73 Å². The Labute approximate surface area is 107 Å². The van der Waals surface area contributed by atoms with Crippen molar-refractivity contribution in [3.05, 3.63) is 0 Å². The van der Waals surface area contributed by atoms with E-state index in [4.69, 9.17) is 10.5 Å². The van der Waals surface area contributed by atoms with Crippen LogP contribution in [-0.4, -0.2) is 43.8 Å². The number of hydrogen-bond acceptors (Lipinski definition) is 3. The fourth-order valence-corrected chi connectivity index (χ4v) is 3.20. The topological polar surface area (TPSA) is 38.5 Å². The Hall–Kier alpha value is -0.120. The lowest BCUT2D eigenvalue weighted by Crippen LogP contribution is -2.62. The van der Waals surface area contributed by atoms with E-state index in [1.807, 2.05) is 0 Å². The zero-order valence-electron chi connectivity index (χ0n) is 12.0. The van der Waals surface area contributed by atoms with Crippen LogP contribution in [0.1, 0.15) is 46.0 Å². The minimum atomic E-state index is -0.00322. The maximum absolute atomic E-state index is 6.08. The van der Waals surface area contributed by atoms with Crippen LogP contribution in [0.2, 0.25) is 0 Å². The van der Waals surface area contributed by atoms with Crippen molar-refractivity contribution in [2.75, 3.05) is 27.3 Å².